The van der Waals surface area contributed by atoms with Crippen LogP contribution in [0.25, 0.3) is 0 Å². The predicted octanol–water partition coefficient (Wildman–Crippen LogP) is 3.76. The van der Waals surface area contributed by atoms with Crippen LogP contribution in [0.1, 0.15) is 46.0 Å². The number of hydrogen-bond donors (Lipinski definition) is 0. The second-order valence-electron chi connectivity index (χ2n) is 4.59. The summed E-state index contributed by atoms with van der Waals surface area (Å²) < 4.78 is 0. The van der Waals surface area contributed by atoms with Gasteiger partial charge in [-0.25, -0.2) is 0 Å². The zero-order valence-electron chi connectivity index (χ0n) is 10.1. The first-order valence-electron chi connectivity index (χ1n) is 5.91. The second kappa shape index (κ2) is 9.79. The van der Waals surface area contributed by atoms with E-state index in [1.165, 1.54) is 45.2 Å². The fourth-order valence-corrected chi connectivity index (χ4v) is 1.72. The first-order chi connectivity index (χ1) is 6.66. The van der Waals surface area contributed by atoms with E-state index in [4.69, 9.17) is 11.6 Å². The molecule has 0 bridgehead atoms. The van der Waals surface area contributed by atoms with E-state index in [9.17, 15) is 0 Å². The summed E-state index contributed by atoms with van der Waals surface area (Å²) in [4.78, 5) is 2.44. The van der Waals surface area contributed by atoms with E-state index >= 15 is 0 Å². The molecule has 0 aliphatic rings. The Morgan fingerprint density at radius 2 is 1.64 bits per heavy atom. The maximum Gasteiger partial charge on any atom is 0.0223 e. The summed E-state index contributed by atoms with van der Waals surface area (Å²) in [6.07, 6.45) is 6.43. The minimum absolute atomic E-state index is 0.817. The third-order valence-corrected chi connectivity index (χ3v) is 2.76. The lowest BCUT2D eigenvalue weighted by Crippen LogP contribution is -2.21. The van der Waals surface area contributed by atoms with Crippen molar-refractivity contribution in [2.24, 2.45) is 5.92 Å². The van der Waals surface area contributed by atoms with Crippen LogP contribution in [0.3, 0.4) is 0 Å². The molecule has 2 heteroatoms. The molecule has 0 aromatic heterocycles. The molecule has 0 fully saturated rings. The van der Waals surface area contributed by atoms with E-state index in [1.807, 2.05) is 0 Å². The molecule has 0 radical (unpaired) electrons. The van der Waals surface area contributed by atoms with Crippen molar-refractivity contribution in [2.75, 3.05) is 26.0 Å². The highest BCUT2D eigenvalue weighted by atomic mass is 35.5. The van der Waals surface area contributed by atoms with Gasteiger partial charge in [-0.3, -0.25) is 0 Å². The fraction of sp³-hybridized carbons (Fsp3) is 1.00. The summed E-state index contributed by atoms with van der Waals surface area (Å²) in [5.41, 5.74) is 0. The monoisotopic (exact) mass is 219 g/mol. The van der Waals surface area contributed by atoms with Crippen LogP contribution in [0, 0.1) is 5.92 Å². The van der Waals surface area contributed by atoms with E-state index < -0.39 is 0 Å². The van der Waals surface area contributed by atoms with Crippen molar-refractivity contribution in [3.8, 4) is 0 Å². The van der Waals surface area contributed by atoms with Crippen LogP contribution in [0.15, 0.2) is 0 Å². The standard InChI is InChI=1S/C12H26ClN/c1-12(2)8-7-11-14(3)10-6-4-5-9-13/h12H,4-11H2,1-3H3. The molecule has 0 N–H and O–H groups in total. The molecule has 0 spiro atoms. The van der Waals surface area contributed by atoms with Crippen molar-refractivity contribution >= 4 is 11.6 Å². The van der Waals surface area contributed by atoms with Crippen LogP contribution >= 0.6 is 11.6 Å². The maximum atomic E-state index is 5.62. The van der Waals surface area contributed by atoms with E-state index in [-0.39, 0.29) is 0 Å². The minimum Gasteiger partial charge on any atom is -0.306 e. The minimum atomic E-state index is 0.817. The lowest BCUT2D eigenvalue weighted by molar-refractivity contribution is 0.310. The van der Waals surface area contributed by atoms with Gasteiger partial charge in [0.05, 0.1) is 0 Å². The van der Waals surface area contributed by atoms with Gasteiger partial charge < -0.3 is 4.90 Å². The average Bonchev–Trinajstić information content (AvgIpc) is 2.12. The zero-order chi connectivity index (χ0) is 10.8. The van der Waals surface area contributed by atoms with Gasteiger partial charge in [-0.15, -0.1) is 11.6 Å². The molecule has 0 amide bonds. The zero-order valence-corrected chi connectivity index (χ0v) is 10.8. The van der Waals surface area contributed by atoms with Gasteiger partial charge in [-0.2, -0.15) is 0 Å². The quantitative estimate of drug-likeness (QED) is 0.422. The van der Waals surface area contributed by atoms with E-state index in [1.54, 1.807) is 0 Å². The molecule has 0 heterocycles. The Morgan fingerprint density at radius 1 is 1.00 bits per heavy atom. The third kappa shape index (κ3) is 10.3. The highest BCUT2D eigenvalue weighted by Crippen LogP contribution is 2.05. The number of rotatable bonds is 9. The summed E-state index contributed by atoms with van der Waals surface area (Å²) >= 11 is 5.62. The molecule has 0 aliphatic carbocycles. The van der Waals surface area contributed by atoms with Crippen molar-refractivity contribution in [3.63, 3.8) is 0 Å². The number of unbranched alkanes of at least 4 members (excludes halogenated alkanes) is 2. The molecule has 14 heavy (non-hydrogen) atoms. The molecule has 0 aromatic carbocycles. The van der Waals surface area contributed by atoms with Crippen molar-refractivity contribution in [2.45, 2.75) is 46.0 Å². The summed E-state index contributed by atoms with van der Waals surface area (Å²) in [7, 11) is 2.22. The first kappa shape index (κ1) is 14.2. The van der Waals surface area contributed by atoms with Crippen LogP contribution in [0.4, 0.5) is 0 Å². The summed E-state index contributed by atoms with van der Waals surface area (Å²) in [6, 6.07) is 0. The normalized spacial score (nSPS) is 11.6. The van der Waals surface area contributed by atoms with Crippen molar-refractivity contribution in [1.82, 2.24) is 4.90 Å². The second-order valence-corrected chi connectivity index (χ2v) is 4.97. The molecule has 0 saturated carbocycles. The smallest absolute Gasteiger partial charge is 0.0223 e. The lowest BCUT2D eigenvalue weighted by atomic mass is 10.1. The van der Waals surface area contributed by atoms with Crippen molar-refractivity contribution in [1.29, 1.82) is 0 Å². The Balaban J connectivity index is 3.15. The largest absolute Gasteiger partial charge is 0.306 e. The van der Waals surface area contributed by atoms with Crippen molar-refractivity contribution < 1.29 is 0 Å². The number of hydrogen-bond acceptors (Lipinski definition) is 1. The summed E-state index contributed by atoms with van der Waals surface area (Å²) in [5.74, 6) is 1.66. The maximum absolute atomic E-state index is 5.62. The van der Waals surface area contributed by atoms with Gasteiger partial charge in [0.2, 0.25) is 0 Å². The van der Waals surface area contributed by atoms with E-state index in [0.29, 0.717) is 0 Å². The number of nitrogens with zero attached hydrogens (tertiary/aromatic N) is 1. The molecule has 1 nitrogen and oxygen atoms in total. The molecule has 0 atom stereocenters. The van der Waals surface area contributed by atoms with Gasteiger partial charge in [-0.1, -0.05) is 20.3 Å². The number of alkyl halides is 1. The van der Waals surface area contributed by atoms with Crippen molar-refractivity contribution in [3.05, 3.63) is 0 Å². The van der Waals surface area contributed by atoms with Crippen LogP contribution in [-0.2, 0) is 0 Å². The first-order valence-corrected chi connectivity index (χ1v) is 6.44. The fourth-order valence-electron chi connectivity index (χ4n) is 1.53. The van der Waals surface area contributed by atoms with Crippen LogP contribution in [0.2, 0.25) is 0 Å². The van der Waals surface area contributed by atoms with E-state index in [2.05, 4.69) is 25.8 Å². The molecule has 0 saturated heterocycles. The predicted molar refractivity (Wildman–Crippen MR) is 66.1 cm³/mol. The Morgan fingerprint density at radius 3 is 2.21 bits per heavy atom. The highest BCUT2D eigenvalue weighted by molar-refractivity contribution is 6.17. The van der Waals surface area contributed by atoms with Crippen LogP contribution < -0.4 is 0 Å². The molecule has 0 unspecified atom stereocenters. The average molecular weight is 220 g/mol. The van der Waals surface area contributed by atoms with Gasteiger partial charge >= 0.3 is 0 Å². The SMILES string of the molecule is CC(C)CCCN(C)CCCCCCl. The van der Waals surface area contributed by atoms with Crippen LogP contribution in [0.5, 0.6) is 0 Å². The Hall–Kier alpha value is 0.250. The summed E-state index contributed by atoms with van der Waals surface area (Å²) in [6.45, 7) is 7.06. The molecule has 86 valence electrons. The Labute approximate surface area is 94.8 Å². The lowest BCUT2D eigenvalue weighted by Gasteiger charge is -2.16. The van der Waals surface area contributed by atoms with Gasteiger partial charge in [0.25, 0.3) is 0 Å². The van der Waals surface area contributed by atoms with Crippen LogP contribution in [-0.4, -0.2) is 30.9 Å². The van der Waals surface area contributed by atoms with Gasteiger partial charge in [0, 0.05) is 5.88 Å². The molecule has 0 aromatic rings. The Kier molecular flexibility index (Phi) is 9.97. The van der Waals surface area contributed by atoms with Gasteiger partial charge in [0.15, 0.2) is 0 Å². The van der Waals surface area contributed by atoms with E-state index in [0.717, 1.165) is 11.8 Å². The Bertz CT molecular complexity index is 115. The van der Waals surface area contributed by atoms with Gasteiger partial charge in [0.1, 0.15) is 0 Å². The molecular weight excluding hydrogens is 194 g/mol. The summed E-state index contributed by atoms with van der Waals surface area (Å²) in [5, 5.41) is 0. The molecular formula is C12H26ClN. The highest BCUT2D eigenvalue weighted by Gasteiger charge is 1.99. The topological polar surface area (TPSA) is 3.24 Å². The molecule has 0 aliphatic heterocycles. The third-order valence-electron chi connectivity index (χ3n) is 2.49. The number of halogens is 1. The molecule has 0 rings (SSSR count). The van der Waals surface area contributed by atoms with Gasteiger partial charge in [-0.05, 0) is 51.7 Å².